The van der Waals surface area contributed by atoms with E-state index >= 15 is 0 Å². The Labute approximate surface area is 111 Å². The number of nitrogens with two attached hydrogens (primary N) is 1. The number of ketones is 1. The van der Waals surface area contributed by atoms with E-state index in [-0.39, 0.29) is 5.78 Å². The highest BCUT2D eigenvalue weighted by molar-refractivity contribution is 6.33. The van der Waals surface area contributed by atoms with Crippen molar-refractivity contribution < 1.29 is 4.79 Å². The molecule has 0 radical (unpaired) electrons. The summed E-state index contributed by atoms with van der Waals surface area (Å²) in [4.78, 5) is 12.0. The third-order valence-electron chi connectivity index (χ3n) is 2.81. The maximum atomic E-state index is 12.0. The highest BCUT2D eigenvalue weighted by Gasteiger charge is 2.07. The molecule has 0 aromatic heterocycles. The van der Waals surface area contributed by atoms with E-state index in [9.17, 15) is 4.79 Å². The zero-order valence-electron chi connectivity index (χ0n) is 9.90. The molecule has 0 fully saturated rings. The van der Waals surface area contributed by atoms with Crippen molar-refractivity contribution in [3.05, 3.63) is 64.7 Å². The van der Waals surface area contributed by atoms with Crippen LogP contribution in [0.2, 0.25) is 5.02 Å². The lowest BCUT2D eigenvalue weighted by atomic mass is 10.0. The molecule has 0 atom stereocenters. The SMILES string of the molecule is Nc1ccc(C(=O)CCc2ccccc2)cc1Cl. The summed E-state index contributed by atoms with van der Waals surface area (Å²) in [5.74, 6) is 0.0840. The minimum Gasteiger partial charge on any atom is -0.398 e. The van der Waals surface area contributed by atoms with E-state index in [4.69, 9.17) is 17.3 Å². The lowest BCUT2D eigenvalue weighted by Gasteiger charge is -2.04. The molecule has 0 unspecified atom stereocenters. The maximum Gasteiger partial charge on any atom is 0.163 e. The molecule has 0 aliphatic rings. The molecule has 0 heterocycles. The number of benzene rings is 2. The van der Waals surface area contributed by atoms with Crippen LogP contribution in [0.1, 0.15) is 22.3 Å². The van der Waals surface area contributed by atoms with Crippen LogP contribution in [0.4, 0.5) is 5.69 Å². The van der Waals surface area contributed by atoms with Gasteiger partial charge in [0.2, 0.25) is 0 Å². The van der Waals surface area contributed by atoms with Gasteiger partial charge in [-0.25, -0.2) is 0 Å². The fourth-order valence-corrected chi connectivity index (χ4v) is 1.93. The molecule has 0 saturated carbocycles. The highest BCUT2D eigenvalue weighted by atomic mass is 35.5. The minimum absolute atomic E-state index is 0.0840. The molecular formula is C15H14ClNO. The monoisotopic (exact) mass is 259 g/mol. The summed E-state index contributed by atoms with van der Waals surface area (Å²) in [5.41, 5.74) is 7.88. The molecule has 2 aromatic carbocycles. The number of nitrogen functional groups attached to an aromatic ring is 1. The molecule has 2 rings (SSSR count). The Balaban J connectivity index is 2.02. The van der Waals surface area contributed by atoms with Crippen molar-refractivity contribution in [2.75, 3.05) is 5.73 Å². The van der Waals surface area contributed by atoms with Crippen molar-refractivity contribution >= 4 is 23.1 Å². The number of Topliss-reactive ketones (excluding diaryl/α,β-unsaturated/α-hetero) is 1. The van der Waals surface area contributed by atoms with Crippen LogP contribution < -0.4 is 5.73 Å². The van der Waals surface area contributed by atoms with E-state index in [1.54, 1.807) is 18.2 Å². The molecule has 2 N–H and O–H groups in total. The van der Waals surface area contributed by atoms with Crippen molar-refractivity contribution in [3.63, 3.8) is 0 Å². The van der Waals surface area contributed by atoms with Crippen LogP contribution in [0.5, 0.6) is 0 Å². The van der Waals surface area contributed by atoms with E-state index in [0.29, 0.717) is 22.7 Å². The van der Waals surface area contributed by atoms with Crippen LogP contribution in [0.25, 0.3) is 0 Å². The molecule has 0 aliphatic carbocycles. The lowest BCUT2D eigenvalue weighted by molar-refractivity contribution is 0.0983. The zero-order chi connectivity index (χ0) is 13.0. The van der Waals surface area contributed by atoms with Gasteiger partial charge in [-0.1, -0.05) is 41.9 Å². The molecule has 0 aliphatic heterocycles. The van der Waals surface area contributed by atoms with Crippen molar-refractivity contribution in [2.24, 2.45) is 0 Å². The van der Waals surface area contributed by atoms with Crippen LogP contribution >= 0.6 is 11.6 Å². The van der Waals surface area contributed by atoms with Gasteiger partial charge in [0, 0.05) is 12.0 Å². The second kappa shape index (κ2) is 5.69. The second-order valence-corrected chi connectivity index (χ2v) is 4.55. The summed E-state index contributed by atoms with van der Waals surface area (Å²) in [6.45, 7) is 0. The number of anilines is 1. The first-order valence-electron chi connectivity index (χ1n) is 5.79. The molecule has 0 spiro atoms. The summed E-state index contributed by atoms with van der Waals surface area (Å²) in [6, 6.07) is 15.0. The van der Waals surface area contributed by atoms with Gasteiger partial charge < -0.3 is 5.73 Å². The maximum absolute atomic E-state index is 12.0. The Morgan fingerprint density at radius 3 is 2.50 bits per heavy atom. The summed E-state index contributed by atoms with van der Waals surface area (Å²) in [5, 5.41) is 0.431. The zero-order valence-corrected chi connectivity index (χ0v) is 10.7. The highest BCUT2D eigenvalue weighted by Crippen LogP contribution is 2.20. The summed E-state index contributed by atoms with van der Waals surface area (Å²) in [7, 11) is 0. The lowest BCUT2D eigenvalue weighted by Crippen LogP contribution is -2.01. The quantitative estimate of drug-likeness (QED) is 0.671. The number of carbonyl (C=O) groups is 1. The van der Waals surface area contributed by atoms with E-state index < -0.39 is 0 Å². The second-order valence-electron chi connectivity index (χ2n) is 4.15. The molecule has 0 bridgehead atoms. The first-order valence-corrected chi connectivity index (χ1v) is 6.17. The number of hydrogen-bond donors (Lipinski definition) is 1. The van der Waals surface area contributed by atoms with Crippen LogP contribution in [0.15, 0.2) is 48.5 Å². The van der Waals surface area contributed by atoms with Gasteiger partial charge in [0.15, 0.2) is 5.78 Å². The van der Waals surface area contributed by atoms with Crippen molar-refractivity contribution in [3.8, 4) is 0 Å². The van der Waals surface area contributed by atoms with Gasteiger partial charge in [-0.2, -0.15) is 0 Å². The van der Waals surface area contributed by atoms with Gasteiger partial charge in [0.1, 0.15) is 0 Å². The van der Waals surface area contributed by atoms with Crippen LogP contribution in [0, 0.1) is 0 Å². The Morgan fingerprint density at radius 1 is 1.11 bits per heavy atom. The minimum atomic E-state index is 0.0840. The summed E-state index contributed by atoms with van der Waals surface area (Å²) >= 11 is 5.90. The topological polar surface area (TPSA) is 43.1 Å². The summed E-state index contributed by atoms with van der Waals surface area (Å²) < 4.78 is 0. The van der Waals surface area contributed by atoms with Crippen molar-refractivity contribution in [1.82, 2.24) is 0 Å². The van der Waals surface area contributed by atoms with Gasteiger partial charge >= 0.3 is 0 Å². The predicted octanol–water partition coefficient (Wildman–Crippen LogP) is 3.74. The Hall–Kier alpha value is -1.80. The molecule has 0 amide bonds. The van der Waals surface area contributed by atoms with E-state index in [1.807, 2.05) is 30.3 Å². The van der Waals surface area contributed by atoms with Crippen molar-refractivity contribution in [1.29, 1.82) is 0 Å². The summed E-state index contributed by atoms with van der Waals surface area (Å²) in [6.07, 6.45) is 1.21. The van der Waals surface area contributed by atoms with Gasteiger partial charge in [0.05, 0.1) is 10.7 Å². The van der Waals surface area contributed by atoms with Crippen LogP contribution in [-0.2, 0) is 6.42 Å². The molecule has 2 aromatic rings. The number of hydrogen-bond acceptors (Lipinski definition) is 2. The van der Waals surface area contributed by atoms with Gasteiger partial charge in [-0.3, -0.25) is 4.79 Å². The Bertz CT molecular complexity index is 552. The van der Waals surface area contributed by atoms with Crippen LogP contribution in [-0.4, -0.2) is 5.78 Å². The first-order chi connectivity index (χ1) is 8.66. The Kier molecular flexibility index (Phi) is 4.00. The fraction of sp³-hybridized carbons (Fsp3) is 0.133. The number of rotatable bonds is 4. The third-order valence-corrected chi connectivity index (χ3v) is 3.13. The van der Waals surface area contributed by atoms with E-state index in [0.717, 1.165) is 12.0 Å². The number of carbonyl (C=O) groups excluding carboxylic acids is 1. The van der Waals surface area contributed by atoms with Gasteiger partial charge in [0.25, 0.3) is 0 Å². The smallest absolute Gasteiger partial charge is 0.163 e. The molecule has 0 saturated heterocycles. The average Bonchev–Trinajstić information content (AvgIpc) is 2.40. The Morgan fingerprint density at radius 2 is 1.83 bits per heavy atom. The number of halogens is 1. The molecule has 2 nitrogen and oxygen atoms in total. The van der Waals surface area contributed by atoms with Gasteiger partial charge in [-0.05, 0) is 30.2 Å². The first kappa shape index (κ1) is 12.7. The molecular weight excluding hydrogens is 246 g/mol. The largest absolute Gasteiger partial charge is 0.398 e. The van der Waals surface area contributed by atoms with E-state index in [1.165, 1.54) is 0 Å². The molecule has 3 heteroatoms. The molecule has 18 heavy (non-hydrogen) atoms. The van der Waals surface area contributed by atoms with Crippen molar-refractivity contribution in [2.45, 2.75) is 12.8 Å². The van der Waals surface area contributed by atoms with Crippen LogP contribution in [0.3, 0.4) is 0 Å². The normalized spacial score (nSPS) is 10.3. The molecule has 92 valence electrons. The third kappa shape index (κ3) is 3.11. The number of aryl methyl sites for hydroxylation is 1. The average molecular weight is 260 g/mol. The standard InChI is InChI=1S/C15H14ClNO/c16-13-10-12(7-8-14(13)17)15(18)9-6-11-4-2-1-3-5-11/h1-5,7-8,10H,6,9,17H2. The fourth-order valence-electron chi connectivity index (χ4n) is 1.75. The predicted molar refractivity (Wildman–Crippen MR) is 75.0 cm³/mol. The van der Waals surface area contributed by atoms with E-state index in [2.05, 4.69) is 0 Å². The van der Waals surface area contributed by atoms with Gasteiger partial charge in [-0.15, -0.1) is 0 Å².